The maximum Gasteiger partial charge on any atom is 0.335 e. The third kappa shape index (κ3) is 3.55. The van der Waals surface area contributed by atoms with Crippen LogP contribution in [0.4, 0.5) is 0 Å². The number of aldehydes is 1. The monoisotopic (exact) mass is 385 g/mol. The van der Waals surface area contributed by atoms with E-state index in [9.17, 15) is 14.7 Å². The summed E-state index contributed by atoms with van der Waals surface area (Å²) in [6, 6.07) is 10.6. The standard InChI is InChI=1S/C21H20ClNO4/c1-12(11-24)27-19-6-4-5-16(20(19)22)10-23-14(3)13(2)17-9-15(21(25)26)7-8-18(17)23/h4-9,11-12H,10H2,1-3H3,(H,25,26)/t12-/m0/s1. The Morgan fingerprint density at radius 1 is 1.30 bits per heavy atom. The van der Waals surface area contributed by atoms with Gasteiger partial charge in [0.25, 0.3) is 0 Å². The van der Waals surface area contributed by atoms with Crippen LogP contribution in [0.25, 0.3) is 10.9 Å². The number of halogens is 1. The van der Waals surface area contributed by atoms with Crippen molar-refractivity contribution >= 4 is 34.8 Å². The van der Waals surface area contributed by atoms with Gasteiger partial charge < -0.3 is 14.4 Å². The van der Waals surface area contributed by atoms with Gasteiger partial charge in [-0.2, -0.15) is 0 Å². The zero-order valence-electron chi connectivity index (χ0n) is 15.3. The van der Waals surface area contributed by atoms with Gasteiger partial charge in [-0.1, -0.05) is 23.7 Å². The number of carboxylic acids is 1. The third-order valence-corrected chi connectivity index (χ3v) is 5.19. The number of carbonyl (C=O) groups is 2. The molecule has 6 heteroatoms. The summed E-state index contributed by atoms with van der Waals surface area (Å²) in [7, 11) is 0. The van der Waals surface area contributed by atoms with Gasteiger partial charge >= 0.3 is 5.97 Å². The lowest BCUT2D eigenvalue weighted by Crippen LogP contribution is -2.13. The lowest BCUT2D eigenvalue weighted by Gasteiger charge is -2.15. The Labute approximate surface area is 162 Å². The zero-order valence-corrected chi connectivity index (χ0v) is 16.1. The molecule has 0 radical (unpaired) electrons. The van der Waals surface area contributed by atoms with Gasteiger partial charge in [-0.25, -0.2) is 4.79 Å². The van der Waals surface area contributed by atoms with Crippen molar-refractivity contribution in [3.8, 4) is 5.75 Å². The van der Waals surface area contributed by atoms with Crippen molar-refractivity contribution in [2.24, 2.45) is 0 Å². The summed E-state index contributed by atoms with van der Waals surface area (Å²) < 4.78 is 7.66. The van der Waals surface area contributed by atoms with Crippen LogP contribution in [0, 0.1) is 13.8 Å². The van der Waals surface area contributed by atoms with Crippen LogP contribution in [-0.2, 0) is 11.3 Å². The molecule has 0 aliphatic carbocycles. The number of aryl methyl sites for hydroxylation is 1. The highest BCUT2D eigenvalue weighted by Crippen LogP contribution is 2.32. The van der Waals surface area contributed by atoms with E-state index in [4.69, 9.17) is 16.3 Å². The fraction of sp³-hybridized carbons (Fsp3) is 0.238. The number of carboxylic acid groups (broad SMARTS) is 1. The first-order chi connectivity index (χ1) is 12.8. The Balaban J connectivity index is 2.05. The third-order valence-electron chi connectivity index (χ3n) is 4.76. The lowest BCUT2D eigenvalue weighted by molar-refractivity contribution is -0.113. The number of ether oxygens (including phenoxy) is 1. The minimum Gasteiger partial charge on any atom is -0.482 e. The predicted molar refractivity (Wildman–Crippen MR) is 105 cm³/mol. The molecule has 27 heavy (non-hydrogen) atoms. The highest BCUT2D eigenvalue weighted by Gasteiger charge is 2.16. The van der Waals surface area contributed by atoms with Crippen molar-refractivity contribution in [3.05, 3.63) is 63.8 Å². The van der Waals surface area contributed by atoms with Crippen LogP contribution < -0.4 is 4.74 Å². The van der Waals surface area contributed by atoms with Crippen LogP contribution in [0.1, 0.15) is 34.1 Å². The van der Waals surface area contributed by atoms with Crippen molar-refractivity contribution in [1.82, 2.24) is 4.57 Å². The molecule has 1 atom stereocenters. The average Bonchev–Trinajstić information content (AvgIpc) is 2.89. The molecular formula is C21H20ClNO4. The Hall–Kier alpha value is -2.79. The predicted octanol–water partition coefficient (Wildman–Crippen LogP) is 4.62. The number of aromatic carboxylic acids is 1. The van der Waals surface area contributed by atoms with E-state index in [-0.39, 0.29) is 5.56 Å². The first-order valence-electron chi connectivity index (χ1n) is 8.55. The molecule has 0 fully saturated rings. The summed E-state index contributed by atoms with van der Waals surface area (Å²) >= 11 is 6.50. The van der Waals surface area contributed by atoms with Gasteiger partial charge in [0.05, 0.1) is 10.6 Å². The fourth-order valence-corrected chi connectivity index (χ4v) is 3.38. The molecule has 1 heterocycles. The van der Waals surface area contributed by atoms with Crippen LogP contribution in [-0.4, -0.2) is 28.0 Å². The molecule has 0 amide bonds. The molecule has 0 unspecified atom stereocenters. The first-order valence-corrected chi connectivity index (χ1v) is 8.93. The number of benzene rings is 2. The van der Waals surface area contributed by atoms with Crippen LogP contribution >= 0.6 is 11.6 Å². The van der Waals surface area contributed by atoms with Crippen LogP contribution in [0.15, 0.2) is 36.4 Å². The van der Waals surface area contributed by atoms with Crippen molar-refractivity contribution in [3.63, 3.8) is 0 Å². The van der Waals surface area contributed by atoms with Gasteiger partial charge in [0.2, 0.25) is 0 Å². The molecule has 140 valence electrons. The second kappa shape index (κ2) is 7.45. The van der Waals surface area contributed by atoms with Gasteiger partial charge in [0.15, 0.2) is 12.4 Å². The topological polar surface area (TPSA) is 68.5 Å². The Bertz CT molecular complexity index is 1040. The summed E-state index contributed by atoms with van der Waals surface area (Å²) in [5.41, 5.74) is 4.13. The molecule has 1 N–H and O–H groups in total. The summed E-state index contributed by atoms with van der Waals surface area (Å²) in [6.45, 7) is 6.14. The molecule has 3 aromatic rings. The van der Waals surface area contributed by atoms with Crippen molar-refractivity contribution in [2.45, 2.75) is 33.4 Å². The van der Waals surface area contributed by atoms with E-state index in [0.29, 0.717) is 17.3 Å². The van der Waals surface area contributed by atoms with E-state index >= 15 is 0 Å². The van der Waals surface area contributed by atoms with Crippen LogP contribution in [0.2, 0.25) is 5.02 Å². The number of hydrogen-bond acceptors (Lipinski definition) is 3. The summed E-state index contributed by atoms with van der Waals surface area (Å²) in [4.78, 5) is 22.1. The minimum atomic E-state index is -0.945. The summed E-state index contributed by atoms with van der Waals surface area (Å²) in [5, 5.41) is 10.6. The second-order valence-corrected chi connectivity index (χ2v) is 6.90. The number of hydrogen-bond donors (Lipinski definition) is 1. The van der Waals surface area contributed by atoms with Crippen LogP contribution in [0.3, 0.4) is 0 Å². The lowest BCUT2D eigenvalue weighted by atomic mass is 10.1. The second-order valence-electron chi connectivity index (χ2n) is 6.52. The van der Waals surface area contributed by atoms with E-state index in [1.165, 1.54) is 0 Å². The summed E-state index contributed by atoms with van der Waals surface area (Å²) in [5.74, 6) is -0.480. The van der Waals surface area contributed by atoms with E-state index in [0.717, 1.165) is 34.0 Å². The van der Waals surface area contributed by atoms with E-state index in [1.807, 2.05) is 32.0 Å². The van der Waals surface area contributed by atoms with Gasteiger partial charge in [-0.05, 0) is 56.2 Å². The van der Waals surface area contributed by atoms with E-state index < -0.39 is 12.1 Å². The van der Waals surface area contributed by atoms with Gasteiger partial charge in [-0.3, -0.25) is 4.79 Å². The molecule has 0 saturated heterocycles. The molecular weight excluding hydrogens is 366 g/mol. The Morgan fingerprint density at radius 2 is 2.04 bits per heavy atom. The maximum absolute atomic E-state index is 11.3. The molecule has 0 aliphatic heterocycles. The number of carbonyl (C=O) groups excluding carboxylic acids is 1. The molecule has 2 aromatic carbocycles. The Kier molecular flexibility index (Phi) is 5.24. The van der Waals surface area contributed by atoms with Gasteiger partial charge in [0.1, 0.15) is 5.75 Å². The highest BCUT2D eigenvalue weighted by molar-refractivity contribution is 6.32. The molecule has 3 rings (SSSR count). The quantitative estimate of drug-likeness (QED) is 0.628. The number of nitrogens with zero attached hydrogens (tertiary/aromatic N) is 1. The highest BCUT2D eigenvalue weighted by atomic mass is 35.5. The smallest absolute Gasteiger partial charge is 0.335 e. The molecule has 0 saturated carbocycles. The van der Waals surface area contributed by atoms with Gasteiger partial charge in [-0.15, -0.1) is 0 Å². The molecule has 0 spiro atoms. The molecule has 0 bridgehead atoms. The maximum atomic E-state index is 11.3. The number of rotatable bonds is 6. The SMILES string of the molecule is Cc1c(C)n(Cc2cccc(O[C@@H](C)C=O)c2Cl)c2ccc(C(=O)O)cc12. The first kappa shape index (κ1) is 19.0. The van der Waals surface area contributed by atoms with E-state index in [2.05, 4.69) is 4.57 Å². The average molecular weight is 386 g/mol. The number of aromatic nitrogens is 1. The molecule has 1 aromatic heterocycles. The van der Waals surface area contributed by atoms with Crippen LogP contribution in [0.5, 0.6) is 5.75 Å². The summed E-state index contributed by atoms with van der Waals surface area (Å²) in [6.07, 6.45) is 0.138. The van der Waals surface area contributed by atoms with Gasteiger partial charge in [0, 0.05) is 23.1 Å². The molecule has 0 aliphatic rings. The number of fused-ring (bicyclic) bond motifs is 1. The van der Waals surface area contributed by atoms with Crippen molar-refractivity contribution in [1.29, 1.82) is 0 Å². The fourth-order valence-electron chi connectivity index (χ4n) is 3.15. The largest absolute Gasteiger partial charge is 0.482 e. The Morgan fingerprint density at radius 3 is 2.70 bits per heavy atom. The van der Waals surface area contributed by atoms with Crippen molar-refractivity contribution in [2.75, 3.05) is 0 Å². The zero-order chi connectivity index (χ0) is 19.7. The molecule has 5 nitrogen and oxygen atoms in total. The van der Waals surface area contributed by atoms with E-state index in [1.54, 1.807) is 25.1 Å². The van der Waals surface area contributed by atoms with Crippen molar-refractivity contribution < 1.29 is 19.4 Å². The normalized spacial score (nSPS) is 12.1. The minimum absolute atomic E-state index is 0.263.